The van der Waals surface area contributed by atoms with Crippen molar-refractivity contribution in [2.45, 2.75) is 44.3 Å². The highest BCUT2D eigenvalue weighted by Gasteiger charge is 2.73. The number of ether oxygens (including phenoxy) is 3. The predicted molar refractivity (Wildman–Crippen MR) is 89.2 cm³/mol. The van der Waals surface area contributed by atoms with Crippen LogP contribution in [-0.4, -0.2) is 71.6 Å². The molecule has 1 aromatic heterocycles. The number of aromatic nitrogens is 2. The molecule has 1 atom stereocenters. The van der Waals surface area contributed by atoms with Crippen LogP contribution >= 0.6 is 0 Å². The zero-order chi connectivity index (χ0) is 24.7. The molecule has 32 heavy (non-hydrogen) atoms. The van der Waals surface area contributed by atoms with Gasteiger partial charge in [0, 0.05) is 12.6 Å². The van der Waals surface area contributed by atoms with Gasteiger partial charge in [-0.1, -0.05) is 0 Å². The third-order valence-corrected chi connectivity index (χ3v) is 3.59. The normalized spacial score (nSPS) is 13.3. The second kappa shape index (κ2) is 10.5. The number of imidazole rings is 1. The van der Waals surface area contributed by atoms with E-state index in [0.29, 0.717) is 0 Å². The molecule has 0 saturated carbocycles. The van der Waals surface area contributed by atoms with E-state index in [-0.39, 0.29) is 18.9 Å². The van der Waals surface area contributed by atoms with Crippen molar-refractivity contribution in [2.75, 3.05) is 19.8 Å². The van der Waals surface area contributed by atoms with Crippen LogP contribution in [0.4, 0.5) is 40.3 Å². The van der Waals surface area contributed by atoms with Crippen LogP contribution in [-0.2, 0) is 25.4 Å². The molecule has 0 aromatic carbocycles. The van der Waals surface area contributed by atoms with E-state index < -0.39 is 55.2 Å². The quantitative estimate of drug-likeness (QED) is 0.328. The third-order valence-electron chi connectivity index (χ3n) is 3.59. The Kier molecular flexibility index (Phi) is 8.84. The van der Waals surface area contributed by atoms with Crippen molar-refractivity contribution >= 4 is 18.2 Å². The number of nitrogens with zero attached hydrogens (tertiary/aromatic N) is 2. The van der Waals surface area contributed by atoms with Crippen molar-refractivity contribution < 1.29 is 59.3 Å². The number of halogens is 7. The second-order valence-corrected chi connectivity index (χ2v) is 5.98. The van der Waals surface area contributed by atoms with Crippen LogP contribution in [0, 0.1) is 0 Å². The average molecular weight is 481 g/mol. The molecule has 0 aliphatic rings. The van der Waals surface area contributed by atoms with E-state index in [1.807, 2.05) is 5.32 Å². The largest absolute Gasteiger partial charge is 0.460 e. The van der Waals surface area contributed by atoms with Crippen LogP contribution < -0.4 is 5.32 Å². The van der Waals surface area contributed by atoms with E-state index in [1.165, 1.54) is 13.8 Å². The minimum atomic E-state index is -6.61. The summed E-state index contributed by atoms with van der Waals surface area (Å²) in [5.74, 6) is -14.1. The van der Waals surface area contributed by atoms with Crippen LogP contribution in [0.3, 0.4) is 0 Å². The SMILES string of the molecule is CCOC(=O)N[C@@H](Cc1cn(C(=O)OCC)cn1)C(=O)OCC(F)(F)C(F)(F)C(F)(F)F. The molecule has 1 rings (SSSR count). The first-order valence-electron chi connectivity index (χ1n) is 8.78. The highest BCUT2D eigenvalue weighted by atomic mass is 19.4. The first kappa shape index (κ1) is 27.0. The van der Waals surface area contributed by atoms with Crippen molar-refractivity contribution in [3.63, 3.8) is 0 Å². The predicted octanol–water partition coefficient (Wildman–Crippen LogP) is 2.92. The highest BCUT2D eigenvalue weighted by Crippen LogP contribution is 2.46. The van der Waals surface area contributed by atoms with E-state index in [9.17, 15) is 45.1 Å². The minimum Gasteiger partial charge on any atom is -0.457 e. The van der Waals surface area contributed by atoms with Gasteiger partial charge in [-0.3, -0.25) is 0 Å². The van der Waals surface area contributed by atoms with Crippen molar-refractivity contribution in [2.24, 2.45) is 0 Å². The standard InChI is InChI=1S/C16H18F7N3O6/c1-3-30-12(28)25-10(5-9-6-26(8-24-9)13(29)31-4-2)11(27)32-7-14(17,18)15(19,20)16(21,22)23/h6,8,10H,3-5,7H2,1-2H3,(H,25,28)/t10-/m0/s1. The van der Waals surface area contributed by atoms with Gasteiger partial charge in [0.05, 0.1) is 18.9 Å². The minimum absolute atomic E-state index is 0.0164. The van der Waals surface area contributed by atoms with E-state index >= 15 is 0 Å². The van der Waals surface area contributed by atoms with Crippen molar-refractivity contribution in [3.05, 3.63) is 18.2 Å². The fraction of sp³-hybridized carbons (Fsp3) is 0.625. The van der Waals surface area contributed by atoms with Gasteiger partial charge in [0.1, 0.15) is 12.4 Å². The zero-order valence-electron chi connectivity index (χ0n) is 16.6. The molecule has 0 unspecified atom stereocenters. The molecule has 0 saturated heterocycles. The lowest BCUT2D eigenvalue weighted by molar-refractivity contribution is -0.359. The molecule has 0 aliphatic heterocycles. The molecule has 1 N–H and O–H groups in total. The van der Waals surface area contributed by atoms with Gasteiger partial charge in [-0.15, -0.1) is 0 Å². The number of carbonyl (C=O) groups is 3. The Balaban J connectivity index is 2.97. The molecule has 16 heteroatoms. The molecule has 0 spiro atoms. The molecule has 9 nitrogen and oxygen atoms in total. The van der Waals surface area contributed by atoms with E-state index in [4.69, 9.17) is 0 Å². The topological polar surface area (TPSA) is 109 Å². The fourth-order valence-corrected chi connectivity index (χ4v) is 2.04. The van der Waals surface area contributed by atoms with Gasteiger partial charge in [-0.25, -0.2) is 23.9 Å². The summed E-state index contributed by atoms with van der Waals surface area (Å²) in [6.07, 6.45) is -7.34. The van der Waals surface area contributed by atoms with Gasteiger partial charge in [0.15, 0.2) is 6.61 Å². The molecule has 182 valence electrons. The Morgan fingerprint density at radius 1 is 1.03 bits per heavy atom. The van der Waals surface area contributed by atoms with E-state index in [0.717, 1.165) is 17.1 Å². The van der Waals surface area contributed by atoms with Gasteiger partial charge in [0.25, 0.3) is 0 Å². The number of rotatable bonds is 9. The number of hydrogen-bond donors (Lipinski definition) is 1. The van der Waals surface area contributed by atoms with Crippen LogP contribution in [0.5, 0.6) is 0 Å². The Hall–Kier alpha value is -3.07. The summed E-state index contributed by atoms with van der Waals surface area (Å²) in [5, 5.41) is 1.88. The summed E-state index contributed by atoms with van der Waals surface area (Å²) in [5.41, 5.74) is -0.0933. The summed E-state index contributed by atoms with van der Waals surface area (Å²) in [6.45, 7) is 0.108. The average Bonchev–Trinajstić information content (AvgIpc) is 3.13. The number of alkyl carbamates (subject to hydrolysis) is 1. The number of carbonyl (C=O) groups excluding carboxylic acids is 3. The van der Waals surface area contributed by atoms with Crippen LogP contribution in [0.15, 0.2) is 12.5 Å². The van der Waals surface area contributed by atoms with E-state index in [1.54, 1.807) is 0 Å². The molecule has 0 radical (unpaired) electrons. The molecule has 0 bridgehead atoms. The number of alkyl halides is 7. The number of nitrogens with one attached hydrogen (secondary N) is 1. The third kappa shape index (κ3) is 6.71. The molecule has 1 heterocycles. The van der Waals surface area contributed by atoms with Crippen LogP contribution in [0.2, 0.25) is 0 Å². The van der Waals surface area contributed by atoms with Crippen molar-refractivity contribution in [1.82, 2.24) is 14.9 Å². The molecule has 0 aliphatic carbocycles. The Morgan fingerprint density at radius 3 is 2.16 bits per heavy atom. The van der Waals surface area contributed by atoms with E-state index in [2.05, 4.69) is 19.2 Å². The highest BCUT2D eigenvalue weighted by molar-refractivity contribution is 5.81. The van der Waals surface area contributed by atoms with Crippen LogP contribution in [0.25, 0.3) is 0 Å². The second-order valence-electron chi connectivity index (χ2n) is 5.98. The zero-order valence-corrected chi connectivity index (χ0v) is 16.6. The van der Waals surface area contributed by atoms with Gasteiger partial charge in [-0.05, 0) is 13.8 Å². The summed E-state index contributed by atoms with van der Waals surface area (Å²) >= 11 is 0. The molecule has 1 aromatic rings. The number of amides is 1. The van der Waals surface area contributed by atoms with Gasteiger partial charge in [-0.2, -0.15) is 30.7 Å². The Morgan fingerprint density at radius 2 is 1.62 bits per heavy atom. The summed E-state index contributed by atoms with van der Waals surface area (Å²) in [4.78, 5) is 39.0. The molecular weight excluding hydrogens is 463 g/mol. The smallest absolute Gasteiger partial charge is 0.457 e. The van der Waals surface area contributed by atoms with Crippen LogP contribution in [0.1, 0.15) is 19.5 Å². The van der Waals surface area contributed by atoms with Crippen molar-refractivity contribution in [1.29, 1.82) is 0 Å². The Labute approximate surface area is 175 Å². The lowest BCUT2D eigenvalue weighted by Crippen LogP contribution is -2.55. The molecule has 0 fully saturated rings. The molecular formula is C16H18F7N3O6. The first-order valence-corrected chi connectivity index (χ1v) is 8.78. The Bertz CT molecular complexity index is 812. The lowest BCUT2D eigenvalue weighted by Gasteiger charge is -2.28. The fourth-order valence-electron chi connectivity index (χ4n) is 2.04. The van der Waals surface area contributed by atoms with Gasteiger partial charge in [0.2, 0.25) is 0 Å². The number of hydrogen-bond acceptors (Lipinski definition) is 7. The lowest BCUT2D eigenvalue weighted by atomic mass is 10.1. The maximum absolute atomic E-state index is 13.4. The number of esters is 1. The summed E-state index contributed by atoms with van der Waals surface area (Å²) < 4.78 is 103. The maximum Gasteiger partial charge on any atom is 0.460 e. The van der Waals surface area contributed by atoms with Gasteiger partial charge < -0.3 is 19.5 Å². The summed E-state index contributed by atoms with van der Waals surface area (Å²) in [7, 11) is 0. The molecule has 1 amide bonds. The first-order chi connectivity index (χ1) is 14.7. The summed E-state index contributed by atoms with van der Waals surface area (Å²) in [6, 6.07) is -1.88. The van der Waals surface area contributed by atoms with Crippen molar-refractivity contribution in [3.8, 4) is 0 Å². The monoisotopic (exact) mass is 481 g/mol. The van der Waals surface area contributed by atoms with Gasteiger partial charge >= 0.3 is 36.2 Å². The maximum atomic E-state index is 13.4.